The summed E-state index contributed by atoms with van der Waals surface area (Å²) in [6.07, 6.45) is 4.63. The molecule has 0 aliphatic heterocycles. The van der Waals surface area contributed by atoms with Crippen molar-refractivity contribution in [3.63, 3.8) is 0 Å². The lowest BCUT2D eigenvalue weighted by Gasteiger charge is -2.07. The van der Waals surface area contributed by atoms with Crippen LogP contribution in [0.1, 0.15) is 29.6 Å². The van der Waals surface area contributed by atoms with Gasteiger partial charge in [0.2, 0.25) is 0 Å². The Bertz CT molecular complexity index is 494. The molecule has 0 amide bonds. The summed E-state index contributed by atoms with van der Waals surface area (Å²) in [5.74, 6) is 0.910. The van der Waals surface area contributed by atoms with Gasteiger partial charge >= 0.3 is 0 Å². The molecule has 18 heavy (non-hydrogen) atoms. The molecule has 0 aliphatic carbocycles. The van der Waals surface area contributed by atoms with Crippen molar-refractivity contribution in [1.29, 1.82) is 0 Å². The number of hydrogen-bond donors (Lipinski definition) is 1. The highest BCUT2D eigenvalue weighted by atomic mass is 14.9. The highest BCUT2D eigenvalue weighted by Gasteiger charge is 2.04. The molecular formula is C15H19N3. The molecule has 3 heteroatoms. The number of nitrogens with two attached hydrogens (primary N) is 1. The third-order valence-electron chi connectivity index (χ3n) is 3.04. The molecule has 0 aliphatic rings. The van der Waals surface area contributed by atoms with Crippen LogP contribution in [0.2, 0.25) is 0 Å². The summed E-state index contributed by atoms with van der Waals surface area (Å²) in [5, 5.41) is 0. The predicted octanol–water partition coefficient (Wildman–Crippen LogP) is 2.28. The summed E-state index contributed by atoms with van der Waals surface area (Å²) in [6.45, 7) is 2.62. The Balaban J connectivity index is 2.06. The van der Waals surface area contributed by atoms with Gasteiger partial charge in [-0.2, -0.15) is 0 Å². The van der Waals surface area contributed by atoms with Crippen LogP contribution in [-0.4, -0.2) is 9.97 Å². The molecule has 0 bridgehead atoms. The van der Waals surface area contributed by atoms with E-state index in [0.717, 1.165) is 36.3 Å². The molecule has 1 aromatic heterocycles. The van der Waals surface area contributed by atoms with Crippen molar-refractivity contribution < 1.29 is 0 Å². The van der Waals surface area contributed by atoms with Gasteiger partial charge in [0.15, 0.2) is 0 Å². The Morgan fingerprint density at radius 2 is 1.89 bits per heavy atom. The lowest BCUT2D eigenvalue weighted by molar-refractivity contribution is 0.810. The standard InChI is InChI=1S/C15H19N3/c1-2-14-13(10-16)11-17-15(18-14)9-8-12-6-4-3-5-7-12/h3-7,11H,2,8-10,16H2,1H3. The van der Waals surface area contributed by atoms with E-state index in [1.54, 1.807) is 0 Å². The van der Waals surface area contributed by atoms with Crippen LogP contribution in [-0.2, 0) is 25.8 Å². The van der Waals surface area contributed by atoms with Gasteiger partial charge in [-0.25, -0.2) is 9.97 Å². The fourth-order valence-electron chi connectivity index (χ4n) is 1.98. The summed E-state index contributed by atoms with van der Waals surface area (Å²) in [5.41, 5.74) is 9.12. The van der Waals surface area contributed by atoms with Crippen LogP contribution in [0.3, 0.4) is 0 Å². The molecule has 0 spiro atoms. The van der Waals surface area contributed by atoms with Gasteiger partial charge in [0, 0.05) is 30.4 Å². The lowest BCUT2D eigenvalue weighted by atomic mass is 10.1. The highest BCUT2D eigenvalue weighted by Crippen LogP contribution is 2.08. The van der Waals surface area contributed by atoms with Crippen LogP contribution in [0.25, 0.3) is 0 Å². The minimum absolute atomic E-state index is 0.516. The fourth-order valence-corrected chi connectivity index (χ4v) is 1.98. The molecule has 0 fully saturated rings. The number of nitrogens with zero attached hydrogens (tertiary/aromatic N) is 2. The van der Waals surface area contributed by atoms with Gasteiger partial charge in [0.05, 0.1) is 0 Å². The van der Waals surface area contributed by atoms with Crippen molar-refractivity contribution >= 4 is 0 Å². The maximum Gasteiger partial charge on any atom is 0.128 e. The van der Waals surface area contributed by atoms with Gasteiger partial charge in [-0.3, -0.25) is 0 Å². The third-order valence-corrected chi connectivity index (χ3v) is 3.04. The smallest absolute Gasteiger partial charge is 0.128 e. The Hall–Kier alpha value is -1.74. The third kappa shape index (κ3) is 3.14. The van der Waals surface area contributed by atoms with Crippen molar-refractivity contribution in [3.05, 3.63) is 59.2 Å². The first-order chi connectivity index (χ1) is 8.83. The summed E-state index contributed by atoms with van der Waals surface area (Å²) in [4.78, 5) is 8.97. The van der Waals surface area contributed by atoms with E-state index in [0.29, 0.717) is 6.54 Å². The Morgan fingerprint density at radius 1 is 1.11 bits per heavy atom. The zero-order valence-corrected chi connectivity index (χ0v) is 10.8. The second kappa shape index (κ2) is 6.26. The topological polar surface area (TPSA) is 51.8 Å². The second-order valence-electron chi connectivity index (χ2n) is 4.30. The first-order valence-electron chi connectivity index (χ1n) is 6.41. The van der Waals surface area contributed by atoms with E-state index in [2.05, 4.69) is 41.2 Å². The quantitative estimate of drug-likeness (QED) is 0.873. The van der Waals surface area contributed by atoms with Crippen molar-refractivity contribution in [2.24, 2.45) is 5.73 Å². The molecule has 2 rings (SSSR count). The second-order valence-corrected chi connectivity index (χ2v) is 4.30. The maximum atomic E-state index is 5.66. The minimum atomic E-state index is 0.516. The number of hydrogen-bond acceptors (Lipinski definition) is 3. The molecule has 2 aromatic rings. The van der Waals surface area contributed by atoms with Gasteiger partial charge in [-0.05, 0) is 18.4 Å². The first kappa shape index (κ1) is 12.7. The lowest BCUT2D eigenvalue weighted by Crippen LogP contribution is -2.08. The van der Waals surface area contributed by atoms with Crippen LogP contribution < -0.4 is 5.73 Å². The first-order valence-corrected chi connectivity index (χ1v) is 6.41. The number of aromatic nitrogens is 2. The monoisotopic (exact) mass is 241 g/mol. The van der Waals surface area contributed by atoms with E-state index in [9.17, 15) is 0 Å². The molecule has 2 N–H and O–H groups in total. The summed E-state index contributed by atoms with van der Waals surface area (Å²) < 4.78 is 0. The minimum Gasteiger partial charge on any atom is -0.326 e. The van der Waals surface area contributed by atoms with E-state index in [1.165, 1.54) is 5.56 Å². The molecule has 0 atom stereocenters. The summed E-state index contributed by atoms with van der Waals surface area (Å²) in [7, 11) is 0. The Labute approximate surface area is 108 Å². The van der Waals surface area contributed by atoms with Crippen LogP contribution >= 0.6 is 0 Å². The summed E-state index contributed by atoms with van der Waals surface area (Å²) >= 11 is 0. The SMILES string of the molecule is CCc1nc(CCc2ccccc2)ncc1CN. The van der Waals surface area contributed by atoms with E-state index >= 15 is 0 Å². The number of rotatable bonds is 5. The number of benzene rings is 1. The Kier molecular flexibility index (Phi) is 4.42. The van der Waals surface area contributed by atoms with Gasteiger partial charge < -0.3 is 5.73 Å². The molecule has 0 radical (unpaired) electrons. The molecule has 0 saturated heterocycles. The van der Waals surface area contributed by atoms with Gasteiger partial charge in [0.25, 0.3) is 0 Å². The maximum absolute atomic E-state index is 5.66. The van der Waals surface area contributed by atoms with E-state index in [4.69, 9.17) is 5.73 Å². The normalized spacial score (nSPS) is 10.6. The predicted molar refractivity (Wildman–Crippen MR) is 73.2 cm³/mol. The van der Waals surface area contributed by atoms with Gasteiger partial charge in [0.1, 0.15) is 5.82 Å². The van der Waals surface area contributed by atoms with Crippen LogP contribution in [0, 0.1) is 0 Å². The van der Waals surface area contributed by atoms with Gasteiger partial charge in [-0.1, -0.05) is 37.3 Å². The van der Waals surface area contributed by atoms with Crippen molar-refractivity contribution in [1.82, 2.24) is 9.97 Å². The number of aryl methyl sites for hydroxylation is 3. The van der Waals surface area contributed by atoms with Gasteiger partial charge in [-0.15, -0.1) is 0 Å². The van der Waals surface area contributed by atoms with E-state index < -0.39 is 0 Å². The molecular weight excluding hydrogens is 222 g/mol. The average molecular weight is 241 g/mol. The molecule has 0 saturated carbocycles. The van der Waals surface area contributed by atoms with Crippen molar-refractivity contribution in [2.75, 3.05) is 0 Å². The zero-order valence-electron chi connectivity index (χ0n) is 10.8. The largest absolute Gasteiger partial charge is 0.326 e. The molecule has 1 heterocycles. The molecule has 1 aromatic carbocycles. The average Bonchev–Trinajstić information content (AvgIpc) is 2.45. The molecule has 3 nitrogen and oxygen atoms in total. The van der Waals surface area contributed by atoms with Crippen LogP contribution in [0.4, 0.5) is 0 Å². The fraction of sp³-hybridized carbons (Fsp3) is 0.333. The Morgan fingerprint density at radius 3 is 2.56 bits per heavy atom. The molecule has 0 unspecified atom stereocenters. The van der Waals surface area contributed by atoms with E-state index in [1.807, 2.05) is 12.3 Å². The van der Waals surface area contributed by atoms with Crippen LogP contribution in [0.15, 0.2) is 36.5 Å². The van der Waals surface area contributed by atoms with Crippen molar-refractivity contribution in [2.45, 2.75) is 32.7 Å². The highest BCUT2D eigenvalue weighted by molar-refractivity contribution is 5.19. The van der Waals surface area contributed by atoms with E-state index in [-0.39, 0.29) is 0 Å². The van der Waals surface area contributed by atoms with Crippen LogP contribution in [0.5, 0.6) is 0 Å². The molecule has 94 valence electrons. The van der Waals surface area contributed by atoms with Crippen molar-refractivity contribution in [3.8, 4) is 0 Å². The zero-order chi connectivity index (χ0) is 12.8. The summed E-state index contributed by atoms with van der Waals surface area (Å²) in [6, 6.07) is 10.4.